The average molecular weight is 339 g/mol. The van der Waals surface area contributed by atoms with Gasteiger partial charge in [-0.25, -0.2) is 4.79 Å². The molecule has 130 valence electrons. The van der Waals surface area contributed by atoms with Crippen molar-refractivity contribution in [3.05, 3.63) is 53.7 Å². The highest BCUT2D eigenvalue weighted by Crippen LogP contribution is 2.31. The van der Waals surface area contributed by atoms with Gasteiger partial charge >= 0.3 is 5.97 Å². The number of aromatic nitrogens is 1. The van der Waals surface area contributed by atoms with Crippen LogP contribution in [0.1, 0.15) is 15.9 Å². The summed E-state index contributed by atoms with van der Waals surface area (Å²) in [5.41, 5.74) is 4.55. The van der Waals surface area contributed by atoms with Crippen molar-refractivity contribution in [1.82, 2.24) is 4.57 Å². The van der Waals surface area contributed by atoms with E-state index in [4.69, 9.17) is 9.47 Å². The molecule has 3 rings (SSSR count). The van der Waals surface area contributed by atoms with Crippen molar-refractivity contribution in [2.24, 2.45) is 0 Å². The Bertz CT molecular complexity index is 927. The highest BCUT2D eigenvalue weighted by atomic mass is 16.5. The molecule has 0 aliphatic rings. The average Bonchev–Trinajstić information content (AvgIpc) is 2.97. The summed E-state index contributed by atoms with van der Waals surface area (Å²) >= 11 is 0. The zero-order valence-corrected chi connectivity index (χ0v) is 14.6. The summed E-state index contributed by atoms with van der Waals surface area (Å²) in [6.45, 7) is 3.15. The Hall–Kier alpha value is -2.79. The third-order valence-corrected chi connectivity index (χ3v) is 4.34. The van der Waals surface area contributed by atoms with Gasteiger partial charge in [0.05, 0.1) is 19.3 Å². The van der Waals surface area contributed by atoms with E-state index in [-0.39, 0.29) is 11.7 Å². The van der Waals surface area contributed by atoms with E-state index in [0.29, 0.717) is 18.7 Å². The number of nitrogens with zero attached hydrogens (tertiary/aromatic N) is 1. The number of rotatable bonds is 5. The first-order chi connectivity index (χ1) is 12.0. The Morgan fingerprint density at radius 2 is 1.96 bits per heavy atom. The molecule has 0 aliphatic heterocycles. The Balaban J connectivity index is 2.16. The fraction of sp³-hybridized carbons (Fsp3) is 0.250. The van der Waals surface area contributed by atoms with Crippen LogP contribution in [0, 0.1) is 6.92 Å². The molecule has 0 radical (unpaired) electrons. The smallest absolute Gasteiger partial charge is 0.340 e. The molecule has 0 unspecified atom stereocenters. The van der Waals surface area contributed by atoms with Crippen LogP contribution < -0.4 is 0 Å². The molecule has 1 aromatic heterocycles. The molecule has 0 bridgehead atoms. The van der Waals surface area contributed by atoms with Crippen molar-refractivity contribution in [1.29, 1.82) is 0 Å². The number of hydrogen-bond donors (Lipinski definition) is 1. The molecule has 0 saturated heterocycles. The van der Waals surface area contributed by atoms with Crippen molar-refractivity contribution >= 4 is 16.9 Å². The summed E-state index contributed by atoms with van der Waals surface area (Å²) in [5.74, 6) is -0.103. The van der Waals surface area contributed by atoms with Gasteiger partial charge in [-0.3, -0.25) is 0 Å². The summed E-state index contributed by atoms with van der Waals surface area (Å²) in [5, 5.41) is 10.5. The lowest BCUT2D eigenvalue weighted by Crippen LogP contribution is -2.03. The van der Waals surface area contributed by atoms with Crippen LogP contribution in [0.3, 0.4) is 0 Å². The number of aromatic hydroxyl groups is 1. The predicted octanol–water partition coefficient (Wildman–Crippen LogP) is 3.76. The zero-order valence-electron chi connectivity index (χ0n) is 14.6. The van der Waals surface area contributed by atoms with Crippen LogP contribution in [-0.4, -0.2) is 36.5 Å². The number of phenolic OH excluding ortho intramolecular Hbond substituents is 1. The van der Waals surface area contributed by atoms with Crippen LogP contribution in [-0.2, 0) is 16.0 Å². The van der Waals surface area contributed by atoms with E-state index in [9.17, 15) is 9.90 Å². The third kappa shape index (κ3) is 3.23. The Morgan fingerprint density at radius 3 is 2.64 bits per heavy atom. The van der Waals surface area contributed by atoms with Gasteiger partial charge in [-0.2, -0.15) is 0 Å². The lowest BCUT2D eigenvalue weighted by molar-refractivity contribution is 0.0602. The molecule has 0 spiro atoms. The van der Waals surface area contributed by atoms with Crippen molar-refractivity contribution in [2.75, 3.05) is 20.8 Å². The fourth-order valence-corrected chi connectivity index (χ4v) is 3.08. The Labute approximate surface area is 146 Å². The standard InChI is InChI=1S/C20H21NO4/c1-13-10-15(22)5-7-16(13)14-4-6-17-18(20(23)25-3)12-21(8-9-24-2)19(17)11-14/h4-7,10-12,22H,8-9H2,1-3H3. The minimum Gasteiger partial charge on any atom is -0.508 e. The van der Waals surface area contributed by atoms with Gasteiger partial charge < -0.3 is 19.1 Å². The molecule has 0 atom stereocenters. The first-order valence-electron chi connectivity index (χ1n) is 8.05. The van der Waals surface area contributed by atoms with E-state index in [0.717, 1.165) is 27.6 Å². The molecular weight excluding hydrogens is 318 g/mol. The summed E-state index contributed by atoms with van der Waals surface area (Å²) < 4.78 is 12.1. The molecule has 3 aromatic rings. The largest absolute Gasteiger partial charge is 0.508 e. The second-order valence-electron chi connectivity index (χ2n) is 5.95. The van der Waals surface area contributed by atoms with Gasteiger partial charge in [-0.05, 0) is 41.8 Å². The van der Waals surface area contributed by atoms with E-state index in [1.807, 2.05) is 35.9 Å². The van der Waals surface area contributed by atoms with E-state index < -0.39 is 0 Å². The molecule has 5 nitrogen and oxygen atoms in total. The second-order valence-corrected chi connectivity index (χ2v) is 5.95. The SMILES string of the molecule is COCCn1cc(C(=O)OC)c2ccc(-c3ccc(O)cc3C)cc21. The quantitative estimate of drug-likeness (QED) is 0.719. The molecule has 0 fully saturated rings. The van der Waals surface area contributed by atoms with Crippen molar-refractivity contribution in [2.45, 2.75) is 13.5 Å². The number of aryl methyl sites for hydroxylation is 1. The molecular formula is C20H21NO4. The zero-order chi connectivity index (χ0) is 18.0. The van der Waals surface area contributed by atoms with Crippen LogP contribution in [0.4, 0.5) is 0 Å². The minimum atomic E-state index is -0.352. The van der Waals surface area contributed by atoms with E-state index >= 15 is 0 Å². The summed E-state index contributed by atoms with van der Waals surface area (Å²) in [7, 11) is 3.03. The first kappa shape index (κ1) is 17.0. The van der Waals surface area contributed by atoms with E-state index in [2.05, 4.69) is 6.07 Å². The number of benzene rings is 2. The number of fused-ring (bicyclic) bond motifs is 1. The molecule has 1 heterocycles. The van der Waals surface area contributed by atoms with Gasteiger partial charge in [-0.15, -0.1) is 0 Å². The lowest BCUT2D eigenvalue weighted by Gasteiger charge is -2.09. The number of carbonyl (C=O) groups is 1. The van der Waals surface area contributed by atoms with Crippen molar-refractivity contribution in [3.63, 3.8) is 0 Å². The summed E-state index contributed by atoms with van der Waals surface area (Å²) in [6, 6.07) is 11.3. The maximum atomic E-state index is 12.1. The monoisotopic (exact) mass is 339 g/mol. The highest BCUT2D eigenvalue weighted by Gasteiger charge is 2.16. The highest BCUT2D eigenvalue weighted by molar-refractivity contribution is 6.05. The maximum absolute atomic E-state index is 12.1. The summed E-state index contributed by atoms with van der Waals surface area (Å²) in [6.07, 6.45) is 1.81. The van der Waals surface area contributed by atoms with Gasteiger partial charge in [0.15, 0.2) is 0 Å². The number of ether oxygens (including phenoxy) is 2. The van der Waals surface area contributed by atoms with Crippen molar-refractivity contribution < 1.29 is 19.4 Å². The van der Waals surface area contributed by atoms with Gasteiger partial charge in [-0.1, -0.05) is 18.2 Å². The molecule has 0 amide bonds. The minimum absolute atomic E-state index is 0.249. The Morgan fingerprint density at radius 1 is 1.16 bits per heavy atom. The number of hydrogen-bond acceptors (Lipinski definition) is 4. The topological polar surface area (TPSA) is 60.7 Å². The molecule has 2 aromatic carbocycles. The maximum Gasteiger partial charge on any atom is 0.340 e. The number of esters is 1. The summed E-state index contributed by atoms with van der Waals surface area (Å²) in [4.78, 5) is 12.1. The van der Waals surface area contributed by atoms with E-state index in [1.165, 1.54) is 7.11 Å². The number of carbonyl (C=O) groups excluding carboxylic acids is 1. The lowest BCUT2D eigenvalue weighted by atomic mass is 9.99. The van der Waals surface area contributed by atoms with E-state index in [1.54, 1.807) is 19.2 Å². The van der Waals surface area contributed by atoms with Gasteiger partial charge in [0.25, 0.3) is 0 Å². The number of phenols is 1. The first-order valence-corrected chi connectivity index (χ1v) is 8.05. The van der Waals surface area contributed by atoms with Crippen LogP contribution >= 0.6 is 0 Å². The number of methoxy groups -OCH3 is 2. The second kappa shape index (κ2) is 6.99. The third-order valence-electron chi connectivity index (χ3n) is 4.34. The van der Waals surface area contributed by atoms with Crippen LogP contribution in [0.25, 0.3) is 22.0 Å². The van der Waals surface area contributed by atoms with Crippen LogP contribution in [0.5, 0.6) is 5.75 Å². The van der Waals surface area contributed by atoms with Gasteiger partial charge in [0, 0.05) is 30.8 Å². The van der Waals surface area contributed by atoms with Gasteiger partial charge in [0.2, 0.25) is 0 Å². The predicted molar refractivity (Wildman–Crippen MR) is 97.0 cm³/mol. The Kier molecular flexibility index (Phi) is 4.76. The normalized spacial score (nSPS) is 11.0. The van der Waals surface area contributed by atoms with Crippen LogP contribution in [0.15, 0.2) is 42.6 Å². The fourth-order valence-electron chi connectivity index (χ4n) is 3.08. The molecule has 1 N–H and O–H groups in total. The molecule has 25 heavy (non-hydrogen) atoms. The molecule has 5 heteroatoms. The van der Waals surface area contributed by atoms with Gasteiger partial charge in [0.1, 0.15) is 5.75 Å². The molecule has 0 saturated carbocycles. The van der Waals surface area contributed by atoms with Crippen LogP contribution in [0.2, 0.25) is 0 Å². The molecule has 0 aliphatic carbocycles. The van der Waals surface area contributed by atoms with Crippen molar-refractivity contribution in [3.8, 4) is 16.9 Å².